The van der Waals surface area contributed by atoms with Gasteiger partial charge < -0.3 is 14.8 Å². The Hall–Kier alpha value is -3.58. The highest BCUT2D eigenvalue weighted by Gasteiger charge is 2.50. The molecule has 0 aliphatic carbocycles. The lowest BCUT2D eigenvalue weighted by Gasteiger charge is -2.29. The Bertz CT molecular complexity index is 1310. The minimum atomic E-state index is -1.09. The smallest absolute Gasteiger partial charge is 0.326 e. The Labute approximate surface area is 204 Å². The molecule has 7 nitrogen and oxygen atoms in total. The molecule has 0 bridgehead atoms. The van der Waals surface area contributed by atoms with Gasteiger partial charge in [-0.25, -0.2) is 9.69 Å². The maximum Gasteiger partial charge on any atom is 0.326 e. The SMILES string of the molecule is CC1(c2ccc3ccccc3c2)NC(=O)N(CN2CCCC2c2ccc3c(c2)OCCCO3)C1=O. The molecule has 2 atom stereocenters. The van der Waals surface area contributed by atoms with E-state index in [1.54, 1.807) is 6.92 Å². The molecule has 0 radical (unpaired) electrons. The summed E-state index contributed by atoms with van der Waals surface area (Å²) < 4.78 is 11.7. The van der Waals surface area contributed by atoms with Gasteiger partial charge in [0, 0.05) is 19.0 Å². The number of carbonyl (C=O) groups is 2. The van der Waals surface area contributed by atoms with Crippen LogP contribution in [0.3, 0.4) is 0 Å². The molecule has 7 heteroatoms. The molecule has 180 valence electrons. The van der Waals surface area contributed by atoms with Crippen LogP contribution < -0.4 is 14.8 Å². The van der Waals surface area contributed by atoms with E-state index in [4.69, 9.17) is 9.47 Å². The molecular formula is C28H29N3O4. The molecule has 0 saturated carbocycles. The summed E-state index contributed by atoms with van der Waals surface area (Å²) >= 11 is 0. The van der Waals surface area contributed by atoms with Crippen molar-refractivity contribution in [3.63, 3.8) is 0 Å². The van der Waals surface area contributed by atoms with E-state index in [1.165, 1.54) is 4.90 Å². The first-order valence-electron chi connectivity index (χ1n) is 12.3. The van der Waals surface area contributed by atoms with Crippen LogP contribution in [0, 0.1) is 0 Å². The predicted octanol–water partition coefficient (Wildman–Crippen LogP) is 4.56. The average molecular weight is 472 g/mol. The van der Waals surface area contributed by atoms with Gasteiger partial charge in [0.15, 0.2) is 11.5 Å². The summed E-state index contributed by atoms with van der Waals surface area (Å²) in [6.45, 7) is 4.17. The van der Waals surface area contributed by atoms with E-state index in [1.807, 2.05) is 48.5 Å². The highest BCUT2D eigenvalue weighted by Crippen LogP contribution is 2.39. The summed E-state index contributed by atoms with van der Waals surface area (Å²) in [4.78, 5) is 30.2. The van der Waals surface area contributed by atoms with E-state index in [-0.39, 0.29) is 24.6 Å². The predicted molar refractivity (Wildman–Crippen MR) is 132 cm³/mol. The van der Waals surface area contributed by atoms with Crippen molar-refractivity contribution >= 4 is 22.7 Å². The van der Waals surface area contributed by atoms with Crippen LogP contribution >= 0.6 is 0 Å². The third kappa shape index (κ3) is 3.80. The third-order valence-electron chi connectivity index (χ3n) is 7.44. The third-order valence-corrected chi connectivity index (χ3v) is 7.44. The van der Waals surface area contributed by atoms with Crippen molar-refractivity contribution in [2.45, 2.75) is 37.8 Å². The van der Waals surface area contributed by atoms with Gasteiger partial charge in [0.2, 0.25) is 0 Å². The van der Waals surface area contributed by atoms with Crippen LogP contribution in [-0.4, -0.2) is 48.2 Å². The standard InChI is InChI=1S/C28H29N3O4/c1-28(22-11-9-19-6-2-3-7-20(19)16-22)26(32)31(27(33)29-28)18-30-13-4-8-23(30)21-10-12-24-25(17-21)35-15-5-14-34-24/h2-3,6-7,9-12,16-17,23H,4-5,8,13-15,18H2,1H3,(H,29,33). The summed E-state index contributed by atoms with van der Waals surface area (Å²) in [5, 5.41) is 5.10. The first-order chi connectivity index (χ1) is 17.0. The first-order valence-corrected chi connectivity index (χ1v) is 12.3. The molecule has 2 saturated heterocycles. The number of carbonyl (C=O) groups excluding carboxylic acids is 2. The fourth-order valence-corrected chi connectivity index (χ4v) is 5.46. The number of rotatable bonds is 4. The van der Waals surface area contributed by atoms with Gasteiger partial charge in [0.05, 0.1) is 19.9 Å². The Balaban J connectivity index is 1.24. The minimum absolute atomic E-state index is 0.111. The van der Waals surface area contributed by atoms with Crippen molar-refractivity contribution < 1.29 is 19.1 Å². The van der Waals surface area contributed by atoms with Gasteiger partial charge in [-0.1, -0.05) is 42.5 Å². The lowest BCUT2D eigenvalue weighted by atomic mass is 9.90. The van der Waals surface area contributed by atoms with Gasteiger partial charge in [0.1, 0.15) is 5.54 Å². The van der Waals surface area contributed by atoms with E-state index in [0.717, 1.165) is 59.2 Å². The molecule has 3 aromatic carbocycles. The molecular weight excluding hydrogens is 442 g/mol. The number of amides is 3. The molecule has 0 spiro atoms. The zero-order valence-electron chi connectivity index (χ0n) is 19.8. The second-order valence-electron chi connectivity index (χ2n) is 9.72. The van der Waals surface area contributed by atoms with Gasteiger partial charge in [-0.3, -0.25) is 9.69 Å². The van der Waals surface area contributed by atoms with Gasteiger partial charge in [0.25, 0.3) is 5.91 Å². The van der Waals surface area contributed by atoms with Gasteiger partial charge in [-0.2, -0.15) is 0 Å². The van der Waals surface area contributed by atoms with Crippen molar-refractivity contribution in [1.82, 2.24) is 15.1 Å². The van der Waals surface area contributed by atoms with Gasteiger partial charge in [-0.05, 0) is 59.9 Å². The Morgan fingerprint density at radius 3 is 2.60 bits per heavy atom. The maximum atomic E-state index is 13.6. The largest absolute Gasteiger partial charge is 0.490 e. The average Bonchev–Trinajstić information content (AvgIpc) is 3.32. The lowest BCUT2D eigenvalue weighted by Crippen LogP contribution is -2.43. The number of benzene rings is 3. The van der Waals surface area contributed by atoms with E-state index in [0.29, 0.717) is 13.2 Å². The molecule has 3 aliphatic rings. The van der Waals surface area contributed by atoms with E-state index in [9.17, 15) is 9.59 Å². The van der Waals surface area contributed by atoms with E-state index in [2.05, 4.69) is 22.3 Å². The van der Waals surface area contributed by atoms with Gasteiger partial charge >= 0.3 is 6.03 Å². The van der Waals surface area contributed by atoms with Crippen LogP contribution in [0.15, 0.2) is 60.7 Å². The first kappa shape index (κ1) is 21.9. The number of fused-ring (bicyclic) bond motifs is 2. The van der Waals surface area contributed by atoms with Crippen molar-refractivity contribution in [3.05, 3.63) is 71.8 Å². The quantitative estimate of drug-likeness (QED) is 0.565. The zero-order valence-corrected chi connectivity index (χ0v) is 19.8. The normalized spacial score (nSPS) is 24.6. The molecule has 6 rings (SSSR count). The number of hydrogen-bond donors (Lipinski definition) is 1. The molecule has 2 unspecified atom stereocenters. The zero-order chi connectivity index (χ0) is 24.0. The summed E-state index contributed by atoms with van der Waals surface area (Å²) in [6.07, 6.45) is 2.83. The highest BCUT2D eigenvalue weighted by atomic mass is 16.5. The molecule has 0 aromatic heterocycles. The molecule has 3 amide bonds. The second kappa shape index (κ2) is 8.57. The number of nitrogens with zero attached hydrogens (tertiary/aromatic N) is 2. The van der Waals surface area contributed by atoms with Crippen LogP contribution in [0.2, 0.25) is 0 Å². The number of hydrogen-bond acceptors (Lipinski definition) is 5. The lowest BCUT2D eigenvalue weighted by molar-refractivity contribution is -0.132. The molecule has 1 N–H and O–H groups in total. The second-order valence-corrected chi connectivity index (χ2v) is 9.72. The van der Waals surface area contributed by atoms with Crippen LogP contribution in [0.4, 0.5) is 4.79 Å². The summed E-state index contributed by atoms with van der Waals surface area (Å²) in [5.41, 5.74) is 0.819. The highest BCUT2D eigenvalue weighted by molar-refractivity contribution is 6.07. The molecule has 3 aromatic rings. The number of imide groups is 1. The Morgan fingerprint density at radius 1 is 0.943 bits per heavy atom. The fourth-order valence-electron chi connectivity index (χ4n) is 5.46. The molecule has 3 heterocycles. The van der Waals surface area contributed by atoms with Crippen LogP contribution in [0.1, 0.15) is 43.4 Å². The molecule has 3 aliphatic heterocycles. The number of likely N-dealkylation sites (tertiary alicyclic amines) is 1. The topological polar surface area (TPSA) is 71.1 Å². The van der Waals surface area contributed by atoms with Gasteiger partial charge in [-0.15, -0.1) is 0 Å². The number of urea groups is 1. The minimum Gasteiger partial charge on any atom is -0.490 e. The van der Waals surface area contributed by atoms with Crippen LogP contribution in [-0.2, 0) is 10.3 Å². The maximum absolute atomic E-state index is 13.6. The summed E-state index contributed by atoms with van der Waals surface area (Å²) in [7, 11) is 0. The Kier molecular flexibility index (Phi) is 5.37. The van der Waals surface area contributed by atoms with E-state index < -0.39 is 5.54 Å². The van der Waals surface area contributed by atoms with Crippen molar-refractivity contribution in [2.24, 2.45) is 0 Å². The molecule has 35 heavy (non-hydrogen) atoms. The summed E-state index contributed by atoms with van der Waals surface area (Å²) in [5.74, 6) is 1.32. The fraction of sp³-hybridized carbons (Fsp3) is 0.357. The van der Waals surface area contributed by atoms with Crippen LogP contribution in [0.25, 0.3) is 10.8 Å². The molecule has 2 fully saturated rings. The monoisotopic (exact) mass is 471 g/mol. The van der Waals surface area contributed by atoms with Crippen molar-refractivity contribution in [1.29, 1.82) is 0 Å². The van der Waals surface area contributed by atoms with E-state index >= 15 is 0 Å². The van der Waals surface area contributed by atoms with Crippen LogP contribution in [0.5, 0.6) is 11.5 Å². The van der Waals surface area contributed by atoms with Crippen molar-refractivity contribution in [2.75, 3.05) is 26.4 Å². The summed E-state index contributed by atoms with van der Waals surface area (Å²) in [6, 6.07) is 19.8. The number of ether oxygens (including phenoxy) is 2. The number of nitrogens with one attached hydrogen (secondary N) is 1. The van der Waals surface area contributed by atoms with Crippen molar-refractivity contribution in [3.8, 4) is 11.5 Å². The Morgan fingerprint density at radius 2 is 1.74 bits per heavy atom.